The van der Waals surface area contributed by atoms with Crippen LogP contribution in [0.2, 0.25) is 0 Å². The fourth-order valence-electron chi connectivity index (χ4n) is 0.995. The molecule has 0 aromatic carbocycles. The van der Waals surface area contributed by atoms with E-state index in [2.05, 4.69) is 5.32 Å². The van der Waals surface area contributed by atoms with E-state index in [1.807, 2.05) is 6.07 Å². The predicted molar refractivity (Wildman–Crippen MR) is 55.0 cm³/mol. The first-order valence-corrected chi connectivity index (χ1v) is 4.95. The second kappa shape index (κ2) is 5.20. The van der Waals surface area contributed by atoms with Crippen molar-refractivity contribution in [1.29, 1.82) is 5.26 Å². The highest BCUT2D eigenvalue weighted by Gasteiger charge is 2.17. The number of rotatable bonds is 5. The summed E-state index contributed by atoms with van der Waals surface area (Å²) in [5, 5.41) is 30.0. The van der Waals surface area contributed by atoms with E-state index in [9.17, 15) is 14.9 Å². The zero-order valence-electron chi connectivity index (χ0n) is 7.91. The smallest absolute Gasteiger partial charge is 0.324 e. The maximum absolute atomic E-state index is 10.4. The average molecular weight is 241 g/mol. The lowest BCUT2D eigenvalue weighted by molar-refractivity contribution is -0.380. The van der Waals surface area contributed by atoms with Gasteiger partial charge in [-0.15, -0.1) is 0 Å². The average Bonchev–Trinajstić information content (AvgIpc) is 2.67. The van der Waals surface area contributed by atoms with Gasteiger partial charge in [0, 0.05) is 10.9 Å². The summed E-state index contributed by atoms with van der Waals surface area (Å²) in [6.45, 7) is -0.371. The number of hydrogen-bond acceptors (Lipinski definition) is 6. The van der Waals surface area contributed by atoms with Gasteiger partial charge in [0.05, 0.1) is 17.5 Å². The lowest BCUT2D eigenvalue weighted by atomic mass is 10.2. The lowest BCUT2D eigenvalue weighted by Gasteiger charge is -2.05. The quantitative estimate of drug-likeness (QED) is 0.584. The Hall–Kier alpha value is -1.98. The molecule has 84 valence electrons. The van der Waals surface area contributed by atoms with Crippen molar-refractivity contribution in [2.24, 2.45) is 0 Å². The number of nitrogens with zero attached hydrogens (tertiary/aromatic N) is 2. The lowest BCUT2D eigenvalue weighted by Crippen LogP contribution is -2.25. The third-order valence-electron chi connectivity index (χ3n) is 1.66. The van der Waals surface area contributed by atoms with E-state index in [4.69, 9.17) is 10.4 Å². The fraction of sp³-hybridized carbons (Fsp3) is 0.250. The van der Waals surface area contributed by atoms with Gasteiger partial charge in [0.1, 0.15) is 6.04 Å². The first-order chi connectivity index (χ1) is 7.54. The number of nitrogens with one attached hydrogen (secondary N) is 1. The van der Waals surface area contributed by atoms with Gasteiger partial charge < -0.3 is 5.11 Å². The Bertz CT molecular complexity index is 450. The molecule has 1 rings (SSSR count). The monoisotopic (exact) mass is 241 g/mol. The highest BCUT2D eigenvalue weighted by Crippen LogP contribution is 2.28. The molecule has 0 bridgehead atoms. The van der Waals surface area contributed by atoms with Crippen molar-refractivity contribution in [3.05, 3.63) is 27.1 Å². The molecule has 1 aromatic rings. The van der Waals surface area contributed by atoms with Gasteiger partial charge in [-0.05, 0) is 6.07 Å². The zero-order valence-corrected chi connectivity index (χ0v) is 8.73. The molecule has 0 saturated carbocycles. The normalized spacial score (nSPS) is 11.7. The van der Waals surface area contributed by atoms with E-state index < -0.39 is 16.9 Å². The third kappa shape index (κ3) is 3.01. The van der Waals surface area contributed by atoms with Crippen LogP contribution in [-0.2, 0) is 4.79 Å². The summed E-state index contributed by atoms with van der Waals surface area (Å²) in [5.74, 6) is -1.09. The van der Waals surface area contributed by atoms with Crippen LogP contribution in [-0.4, -0.2) is 22.5 Å². The van der Waals surface area contributed by atoms with Gasteiger partial charge in [-0.1, -0.05) is 11.3 Å². The number of hydrogen-bond donors (Lipinski definition) is 2. The van der Waals surface area contributed by atoms with E-state index in [-0.39, 0.29) is 11.5 Å². The van der Waals surface area contributed by atoms with Crippen molar-refractivity contribution >= 4 is 22.3 Å². The molecule has 2 N–H and O–H groups in total. The van der Waals surface area contributed by atoms with Gasteiger partial charge in [-0.2, -0.15) is 5.26 Å². The molecule has 0 aliphatic carbocycles. The minimum atomic E-state index is -1.09. The van der Waals surface area contributed by atoms with E-state index in [0.717, 1.165) is 11.3 Å². The van der Waals surface area contributed by atoms with Crippen molar-refractivity contribution in [3.63, 3.8) is 0 Å². The summed E-state index contributed by atoms with van der Waals surface area (Å²) < 4.78 is 0. The molecular formula is C8H7N3O4S. The van der Waals surface area contributed by atoms with Gasteiger partial charge in [-0.25, -0.2) is 0 Å². The van der Waals surface area contributed by atoms with Crippen LogP contribution in [0.25, 0.3) is 0 Å². The zero-order chi connectivity index (χ0) is 12.1. The minimum absolute atomic E-state index is 0.0765. The summed E-state index contributed by atoms with van der Waals surface area (Å²) in [7, 11) is 0. The summed E-state index contributed by atoms with van der Waals surface area (Å²) in [6.07, 6.45) is 0. The third-order valence-corrected chi connectivity index (χ3v) is 2.77. The molecule has 0 saturated heterocycles. The molecule has 8 heteroatoms. The maximum atomic E-state index is 10.4. The molecule has 0 fully saturated rings. The first-order valence-electron chi connectivity index (χ1n) is 4.13. The van der Waals surface area contributed by atoms with Crippen LogP contribution in [0, 0.1) is 21.4 Å². The van der Waals surface area contributed by atoms with Crippen molar-refractivity contribution < 1.29 is 14.8 Å². The fourth-order valence-corrected chi connectivity index (χ4v) is 1.84. The highest BCUT2D eigenvalue weighted by molar-refractivity contribution is 7.15. The second-order valence-corrected chi connectivity index (χ2v) is 3.86. The van der Waals surface area contributed by atoms with Crippen LogP contribution in [0.4, 0.5) is 5.00 Å². The van der Waals surface area contributed by atoms with Gasteiger partial charge in [0.25, 0.3) is 0 Å². The summed E-state index contributed by atoms with van der Waals surface area (Å²) >= 11 is 0.848. The predicted octanol–water partition coefficient (Wildman–Crippen LogP) is 0.895. The minimum Gasteiger partial charge on any atom is -0.480 e. The molecule has 1 heterocycles. The molecule has 1 unspecified atom stereocenters. The van der Waals surface area contributed by atoms with E-state index in [1.165, 1.54) is 12.1 Å². The summed E-state index contributed by atoms with van der Waals surface area (Å²) in [5.41, 5.74) is 0. The van der Waals surface area contributed by atoms with Gasteiger partial charge in [0.15, 0.2) is 0 Å². The van der Waals surface area contributed by atoms with Gasteiger partial charge >= 0.3 is 11.0 Å². The Morgan fingerprint density at radius 2 is 2.44 bits per heavy atom. The van der Waals surface area contributed by atoms with Gasteiger partial charge in [0.2, 0.25) is 0 Å². The topological polar surface area (TPSA) is 116 Å². The molecule has 1 atom stereocenters. The van der Waals surface area contributed by atoms with E-state index >= 15 is 0 Å². The number of aliphatic carboxylic acids is 1. The largest absolute Gasteiger partial charge is 0.480 e. The molecule has 0 aliphatic heterocycles. The standard InChI is InChI=1S/C8H7N3O4S/c9-3-5(10-4-8(12)13)6-1-2-7(16-6)11(14)15/h1-2,5,10H,4H2,(H,12,13). The molecule has 7 nitrogen and oxygen atoms in total. The highest BCUT2D eigenvalue weighted by atomic mass is 32.1. The summed E-state index contributed by atoms with van der Waals surface area (Å²) in [4.78, 5) is 20.6. The Balaban J connectivity index is 2.76. The molecule has 16 heavy (non-hydrogen) atoms. The van der Waals surface area contributed by atoms with Crippen molar-refractivity contribution in [3.8, 4) is 6.07 Å². The second-order valence-electron chi connectivity index (χ2n) is 2.77. The number of carboxylic acids is 1. The molecule has 0 spiro atoms. The van der Waals surface area contributed by atoms with Crippen molar-refractivity contribution in [2.75, 3.05) is 6.54 Å². The van der Waals surface area contributed by atoms with E-state index in [1.54, 1.807) is 0 Å². The van der Waals surface area contributed by atoms with Crippen LogP contribution < -0.4 is 5.32 Å². The number of nitro groups is 1. The van der Waals surface area contributed by atoms with Crippen LogP contribution in [0.5, 0.6) is 0 Å². The first kappa shape index (κ1) is 12.1. The SMILES string of the molecule is N#CC(NCC(=O)O)c1ccc([N+](=O)[O-])s1. The van der Waals surface area contributed by atoms with Crippen molar-refractivity contribution in [2.45, 2.75) is 6.04 Å². The number of carboxylic acid groups (broad SMARTS) is 1. The number of nitriles is 1. The Morgan fingerprint density at radius 1 is 1.75 bits per heavy atom. The van der Waals surface area contributed by atoms with Crippen molar-refractivity contribution in [1.82, 2.24) is 5.32 Å². The van der Waals surface area contributed by atoms with Gasteiger partial charge in [-0.3, -0.25) is 20.2 Å². The summed E-state index contributed by atoms with van der Waals surface area (Å²) in [6, 6.07) is 3.72. The van der Waals surface area contributed by atoms with Crippen LogP contribution in [0.3, 0.4) is 0 Å². The Labute approximate surface area is 94.1 Å². The molecule has 0 amide bonds. The van der Waals surface area contributed by atoms with E-state index in [0.29, 0.717) is 4.88 Å². The van der Waals surface area contributed by atoms with Crippen LogP contribution in [0.15, 0.2) is 12.1 Å². The maximum Gasteiger partial charge on any atom is 0.324 e. The van der Waals surface area contributed by atoms with Crippen LogP contribution in [0.1, 0.15) is 10.9 Å². The number of carbonyl (C=O) groups is 1. The molecule has 0 radical (unpaired) electrons. The Kier molecular flexibility index (Phi) is 3.93. The Morgan fingerprint density at radius 3 is 2.88 bits per heavy atom. The number of thiophene rings is 1. The van der Waals surface area contributed by atoms with Crippen LogP contribution >= 0.6 is 11.3 Å². The molecule has 1 aromatic heterocycles. The molecular weight excluding hydrogens is 234 g/mol. The molecule has 0 aliphatic rings.